The molecule has 1 fully saturated rings. The number of halogens is 1. The van der Waals surface area contributed by atoms with Crippen LogP contribution in [0.3, 0.4) is 0 Å². The molecule has 0 spiro atoms. The standard InChI is InChI=1S/C17H24ClNO2/c1-3-15(13-7-5-8-14(18)11-13)19-10-6-9-17(4-2,12-19)16(20)21/h5,7-8,11,15H,3-4,6,9-10,12H2,1-2H3,(H,20,21). The van der Waals surface area contributed by atoms with Crippen LogP contribution in [0, 0.1) is 5.41 Å². The molecule has 1 aromatic carbocycles. The first-order valence-corrected chi connectivity index (χ1v) is 8.13. The normalized spacial score (nSPS) is 24.7. The van der Waals surface area contributed by atoms with Crippen LogP contribution >= 0.6 is 11.6 Å². The second-order valence-corrected chi connectivity index (χ2v) is 6.43. The van der Waals surface area contributed by atoms with E-state index in [1.807, 2.05) is 25.1 Å². The van der Waals surface area contributed by atoms with E-state index in [-0.39, 0.29) is 6.04 Å². The number of piperidine rings is 1. The van der Waals surface area contributed by atoms with Crippen molar-refractivity contribution < 1.29 is 9.90 Å². The number of carbonyl (C=O) groups is 1. The quantitative estimate of drug-likeness (QED) is 0.878. The van der Waals surface area contributed by atoms with E-state index in [0.29, 0.717) is 13.0 Å². The highest BCUT2D eigenvalue weighted by Gasteiger charge is 2.42. The lowest BCUT2D eigenvalue weighted by atomic mass is 9.77. The molecule has 0 saturated carbocycles. The minimum absolute atomic E-state index is 0.245. The van der Waals surface area contributed by atoms with E-state index in [2.05, 4.69) is 17.9 Å². The Kier molecular flexibility index (Phi) is 5.28. The maximum atomic E-state index is 11.7. The molecule has 1 aliphatic heterocycles. The first-order valence-electron chi connectivity index (χ1n) is 7.75. The molecule has 0 radical (unpaired) electrons. The molecule has 1 saturated heterocycles. The number of nitrogens with zero attached hydrogens (tertiary/aromatic N) is 1. The van der Waals surface area contributed by atoms with E-state index in [4.69, 9.17) is 11.6 Å². The zero-order chi connectivity index (χ0) is 15.5. The molecule has 0 amide bonds. The molecule has 0 aromatic heterocycles. The first kappa shape index (κ1) is 16.3. The van der Waals surface area contributed by atoms with Crippen molar-refractivity contribution in [3.63, 3.8) is 0 Å². The predicted molar refractivity (Wildman–Crippen MR) is 85.7 cm³/mol. The number of rotatable bonds is 5. The Morgan fingerprint density at radius 1 is 1.48 bits per heavy atom. The maximum Gasteiger partial charge on any atom is 0.310 e. The zero-order valence-electron chi connectivity index (χ0n) is 12.8. The Morgan fingerprint density at radius 2 is 2.24 bits per heavy atom. The summed E-state index contributed by atoms with van der Waals surface area (Å²) in [7, 11) is 0. The molecule has 3 nitrogen and oxygen atoms in total. The molecular formula is C17H24ClNO2. The van der Waals surface area contributed by atoms with Gasteiger partial charge in [0.2, 0.25) is 0 Å². The van der Waals surface area contributed by atoms with Crippen molar-refractivity contribution in [3.8, 4) is 0 Å². The van der Waals surface area contributed by atoms with Gasteiger partial charge in [-0.15, -0.1) is 0 Å². The van der Waals surface area contributed by atoms with E-state index in [0.717, 1.165) is 30.8 Å². The Morgan fingerprint density at radius 3 is 2.81 bits per heavy atom. The largest absolute Gasteiger partial charge is 0.481 e. The fourth-order valence-corrected chi connectivity index (χ4v) is 3.67. The lowest BCUT2D eigenvalue weighted by Gasteiger charge is -2.43. The Bertz CT molecular complexity index is 505. The van der Waals surface area contributed by atoms with Crippen molar-refractivity contribution in [1.82, 2.24) is 4.90 Å². The molecule has 2 rings (SSSR count). The molecule has 1 heterocycles. The number of hydrogen-bond acceptors (Lipinski definition) is 2. The predicted octanol–water partition coefficient (Wildman–Crippen LogP) is 4.37. The van der Waals surface area contributed by atoms with Gasteiger partial charge in [-0.05, 0) is 49.9 Å². The number of carboxylic acid groups (broad SMARTS) is 1. The van der Waals surface area contributed by atoms with Gasteiger partial charge in [0.15, 0.2) is 0 Å². The van der Waals surface area contributed by atoms with Crippen LogP contribution in [0.1, 0.15) is 51.1 Å². The summed E-state index contributed by atoms with van der Waals surface area (Å²) in [6, 6.07) is 8.17. The van der Waals surface area contributed by atoms with Crippen LogP contribution in [-0.4, -0.2) is 29.1 Å². The van der Waals surface area contributed by atoms with Crippen LogP contribution < -0.4 is 0 Å². The number of benzene rings is 1. The van der Waals surface area contributed by atoms with Crippen LogP contribution in [0.2, 0.25) is 5.02 Å². The van der Waals surface area contributed by atoms with Crippen LogP contribution in [0.4, 0.5) is 0 Å². The molecule has 2 atom stereocenters. The highest BCUT2D eigenvalue weighted by atomic mass is 35.5. The minimum atomic E-state index is -0.657. The monoisotopic (exact) mass is 309 g/mol. The van der Waals surface area contributed by atoms with Crippen molar-refractivity contribution in [2.24, 2.45) is 5.41 Å². The fraction of sp³-hybridized carbons (Fsp3) is 0.588. The van der Waals surface area contributed by atoms with Crippen molar-refractivity contribution in [1.29, 1.82) is 0 Å². The topological polar surface area (TPSA) is 40.5 Å². The molecule has 1 N–H and O–H groups in total. The van der Waals surface area contributed by atoms with Crippen molar-refractivity contribution in [2.75, 3.05) is 13.1 Å². The molecule has 0 aliphatic carbocycles. The van der Waals surface area contributed by atoms with Gasteiger partial charge in [0.1, 0.15) is 0 Å². The molecule has 21 heavy (non-hydrogen) atoms. The molecular weight excluding hydrogens is 286 g/mol. The number of likely N-dealkylation sites (tertiary alicyclic amines) is 1. The summed E-state index contributed by atoms with van der Waals surface area (Å²) in [5, 5.41) is 10.4. The van der Waals surface area contributed by atoms with Gasteiger partial charge in [0.25, 0.3) is 0 Å². The van der Waals surface area contributed by atoms with Crippen molar-refractivity contribution in [3.05, 3.63) is 34.9 Å². The van der Waals surface area contributed by atoms with Gasteiger partial charge >= 0.3 is 5.97 Å². The number of hydrogen-bond donors (Lipinski definition) is 1. The fourth-order valence-electron chi connectivity index (χ4n) is 3.47. The summed E-state index contributed by atoms with van der Waals surface area (Å²) in [6.45, 7) is 5.72. The average Bonchev–Trinajstić information content (AvgIpc) is 2.48. The van der Waals surface area contributed by atoms with E-state index < -0.39 is 11.4 Å². The maximum absolute atomic E-state index is 11.7. The molecule has 4 heteroatoms. The highest BCUT2D eigenvalue weighted by molar-refractivity contribution is 6.30. The Labute approximate surface area is 131 Å². The van der Waals surface area contributed by atoms with Gasteiger partial charge in [0.05, 0.1) is 5.41 Å². The summed E-state index contributed by atoms with van der Waals surface area (Å²) in [5.74, 6) is -0.657. The van der Waals surface area contributed by atoms with E-state index in [9.17, 15) is 9.90 Å². The summed E-state index contributed by atoms with van der Waals surface area (Å²) in [6.07, 6.45) is 3.36. The van der Waals surface area contributed by atoms with Gasteiger partial charge in [-0.1, -0.05) is 37.6 Å². The molecule has 116 valence electrons. The summed E-state index contributed by atoms with van der Waals surface area (Å²) in [4.78, 5) is 14.0. The third-order valence-electron chi connectivity index (χ3n) is 4.80. The van der Waals surface area contributed by atoms with Gasteiger partial charge in [-0.3, -0.25) is 9.69 Å². The molecule has 0 bridgehead atoms. The minimum Gasteiger partial charge on any atom is -0.481 e. The summed E-state index contributed by atoms with van der Waals surface area (Å²) < 4.78 is 0. The van der Waals surface area contributed by atoms with Crippen molar-refractivity contribution >= 4 is 17.6 Å². The second-order valence-electron chi connectivity index (χ2n) is 5.99. The zero-order valence-corrected chi connectivity index (χ0v) is 13.6. The van der Waals surface area contributed by atoms with E-state index in [1.165, 1.54) is 5.56 Å². The van der Waals surface area contributed by atoms with Gasteiger partial charge in [0, 0.05) is 17.6 Å². The SMILES string of the molecule is CCC(c1cccc(Cl)c1)N1CCCC(CC)(C(=O)O)C1. The molecule has 1 aromatic rings. The molecule has 2 unspecified atom stereocenters. The number of carboxylic acids is 1. The van der Waals surface area contributed by atoms with Crippen molar-refractivity contribution in [2.45, 2.75) is 45.6 Å². The van der Waals surface area contributed by atoms with Gasteiger partial charge in [-0.25, -0.2) is 0 Å². The molecule has 1 aliphatic rings. The van der Waals surface area contributed by atoms with Gasteiger partial charge < -0.3 is 5.11 Å². The first-order chi connectivity index (χ1) is 10.0. The second kappa shape index (κ2) is 6.80. The Balaban J connectivity index is 2.24. The smallest absolute Gasteiger partial charge is 0.310 e. The van der Waals surface area contributed by atoms with E-state index in [1.54, 1.807) is 0 Å². The Hall–Kier alpha value is -1.06. The number of aliphatic carboxylic acids is 1. The lowest BCUT2D eigenvalue weighted by Crippen LogP contribution is -2.48. The average molecular weight is 310 g/mol. The van der Waals surface area contributed by atoms with Crippen LogP contribution in [0.15, 0.2) is 24.3 Å². The third kappa shape index (κ3) is 3.41. The van der Waals surface area contributed by atoms with Crippen LogP contribution in [0.5, 0.6) is 0 Å². The van der Waals surface area contributed by atoms with Crippen LogP contribution in [0.25, 0.3) is 0 Å². The highest BCUT2D eigenvalue weighted by Crippen LogP contribution is 2.38. The summed E-state index contributed by atoms with van der Waals surface area (Å²) in [5.41, 5.74) is 0.590. The third-order valence-corrected chi connectivity index (χ3v) is 5.03. The van der Waals surface area contributed by atoms with E-state index >= 15 is 0 Å². The van der Waals surface area contributed by atoms with Gasteiger partial charge in [-0.2, -0.15) is 0 Å². The lowest BCUT2D eigenvalue weighted by molar-refractivity contribution is -0.153. The summed E-state index contributed by atoms with van der Waals surface area (Å²) >= 11 is 6.11. The van der Waals surface area contributed by atoms with Crippen LogP contribution in [-0.2, 0) is 4.79 Å².